The van der Waals surface area contributed by atoms with Gasteiger partial charge in [0.05, 0.1) is 11.7 Å². The Labute approximate surface area is 168 Å². The Kier molecular flexibility index (Phi) is 6.77. The lowest BCUT2D eigenvalue weighted by molar-refractivity contribution is -0.135. The van der Waals surface area contributed by atoms with Crippen molar-refractivity contribution < 1.29 is 23.1 Å². The molecule has 0 radical (unpaired) electrons. The first-order chi connectivity index (χ1) is 13.9. The number of carbonyl (C=O) groups is 2. The van der Waals surface area contributed by atoms with Crippen LogP contribution >= 0.6 is 0 Å². The van der Waals surface area contributed by atoms with Crippen LogP contribution in [-0.4, -0.2) is 60.4 Å². The van der Waals surface area contributed by atoms with Crippen LogP contribution in [0.15, 0.2) is 48.5 Å². The van der Waals surface area contributed by atoms with E-state index in [4.69, 9.17) is 4.74 Å². The maximum Gasteiger partial charge on any atom is 0.260 e. The largest absolute Gasteiger partial charge is 0.484 e. The maximum atomic E-state index is 13.7. The molecule has 1 aliphatic rings. The van der Waals surface area contributed by atoms with E-state index in [1.54, 1.807) is 24.0 Å². The average Bonchev–Trinajstić information content (AvgIpc) is 2.74. The molecule has 6 nitrogen and oxygen atoms in total. The zero-order chi connectivity index (χ0) is 20.8. The zero-order valence-corrected chi connectivity index (χ0v) is 16.1. The summed E-state index contributed by atoms with van der Waals surface area (Å²) in [5.41, 5.74) is 0.149. The highest BCUT2D eigenvalue weighted by atomic mass is 19.1. The number of rotatable bonds is 6. The first-order valence-electron chi connectivity index (χ1n) is 9.39. The molecule has 0 spiro atoms. The van der Waals surface area contributed by atoms with Crippen LogP contribution < -0.4 is 10.1 Å². The van der Waals surface area contributed by atoms with Crippen LogP contribution in [0, 0.1) is 11.6 Å². The molecular weight excluding hydrogens is 380 g/mol. The second kappa shape index (κ2) is 9.47. The molecule has 1 unspecified atom stereocenters. The third kappa shape index (κ3) is 5.51. The Morgan fingerprint density at radius 3 is 2.34 bits per heavy atom. The minimum absolute atomic E-state index is 0.130. The Balaban J connectivity index is 1.45. The summed E-state index contributed by atoms with van der Waals surface area (Å²) >= 11 is 0. The number of nitrogens with zero attached hydrogens (tertiary/aromatic N) is 2. The lowest BCUT2D eigenvalue weighted by atomic mass is 10.2. The molecule has 3 rings (SSSR count). The van der Waals surface area contributed by atoms with Crippen LogP contribution in [0.4, 0.5) is 14.5 Å². The molecule has 0 saturated carbocycles. The molecule has 0 bridgehead atoms. The van der Waals surface area contributed by atoms with E-state index in [-0.39, 0.29) is 29.9 Å². The summed E-state index contributed by atoms with van der Waals surface area (Å²) in [4.78, 5) is 28.3. The van der Waals surface area contributed by atoms with Gasteiger partial charge >= 0.3 is 0 Å². The molecule has 1 heterocycles. The van der Waals surface area contributed by atoms with Crippen LogP contribution in [0.1, 0.15) is 6.92 Å². The van der Waals surface area contributed by atoms with Gasteiger partial charge in [-0.3, -0.25) is 14.5 Å². The summed E-state index contributed by atoms with van der Waals surface area (Å²) in [6.45, 7) is 3.59. The van der Waals surface area contributed by atoms with Gasteiger partial charge in [0.15, 0.2) is 6.61 Å². The maximum absolute atomic E-state index is 13.7. The Bertz CT molecular complexity index is 853. The van der Waals surface area contributed by atoms with Crippen molar-refractivity contribution in [2.24, 2.45) is 0 Å². The standard InChI is InChI=1S/C21H23F2N3O3/c1-15(21(28)24-19-5-3-2-4-18(19)23)25-10-12-26(13-11-25)20(27)14-29-17-8-6-16(22)7-9-17/h2-9,15H,10-14H2,1H3,(H,24,28). The average molecular weight is 403 g/mol. The highest BCUT2D eigenvalue weighted by Gasteiger charge is 2.28. The second-order valence-corrected chi connectivity index (χ2v) is 6.80. The van der Waals surface area contributed by atoms with Gasteiger partial charge in [-0.25, -0.2) is 8.78 Å². The monoisotopic (exact) mass is 403 g/mol. The molecule has 1 saturated heterocycles. The predicted octanol–water partition coefficient (Wildman–Crippen LogP) is 2.52. The number of carbonyl (C=O) groups excluding carboxylic acids is 2. The number of para-hydroxylation sites is 1. The number of anilines is 1. The lowest BCUT2D eigenvalue weighted by Crippen LogP contribution is -2.54. The Hall–Kier alpha value is -3.00. The minimum atomic E-state index is -0.482. The van der Waals surface area contributed by atoms with E-state index >= 15 is 0 Å². The summed E-state index contributed by atoms with van der Waals surface area (Å²) in [5.74, 6) is -0.888. The van der Waals surface area contributed by atoms with E-state index in [1.807, 2.05) is 4.90 Å². The number of ether oxygens (including phenoxy) is 1. The first-order valence-corrected chi connectivity index (χ1v) is 9.39. The summed E-state index contributed by atoms with van der Waals surface area (Å²) in [5, 5.41) is 2.60. The summed E-state index contributed by atoms with van der Waals surface area (Å²) in [6.07, 6.45) is 0. The molecule has 2 amide bonds. The Morgan fingerprint density at radius 2 is 1.69 bits per heavy atom. The number of piperazine rings is 1. The molecular formula is C21H23F2N3O3. The number of hydrogen-bond donors (Lipinski definition) is 1. The fourth-order valence-corrected chi connectivity index (χ4v) is 3.09. The normalized spacial score (nSPS) is 15.6. The van der Waals surface area contributed by atoms with Gasteiger partial charge in [0.2, 0.25) is 5.91 Å². The van der Waals surface area contributed by atoms with Gasteiger partial charge in [-0.2, -0.15) is 0 Å². The number of halogens is 2. The van der Waals surface area contributed by atoms with Crippen molar-refractivity contribution in [2.75, 3.05) is 38.1 Å². The Morgan fingerprint density at radius 1 is 1.03 bits per heavy atom. The van der Waals surface area contributed by atoms with Gasteiger partial charge in [0.1, 0.15) is 17.4 Å². The SMILES string of the molecule is CC(C(=O)Nc1ccccc1F)N1CCN(C(=O)COc2ccc(F)cc2)CC1. The fraction of sp³-hybridized carbons (Fsp3) is 0.333. The zero-order valence-electron chi connectivity index (χ0n) is 16.1. The van der Waals surface area contributed by atoms with Gasteiger partial charge in [-0.1, -0.05) is 12.1 Å². The van der Waals surface area contributed by atoms with Crippen LogP contribution in [0.3, 0.4) is 0 Å². The fourth-order valence-electron chi connectivity index (χ4n) is 3.09. The topological polar surface area (TPSA) is 61.9 Å². The molecule has 2 aromatic rings. The van der Waals surface area contributed by atoms with Crippen LogP contribution in [0.25, 0.3) is 0 Å². The van der Waals surface area contributed by atoms with E-state index < -0.39 is 11.9 Å². The van der Waals surface area contributed by atoms with Crippen LogP contribution in [-0.2, 0) is 9.59 Å². The molecule has 8 heteroatoms. The molecule has 1 fully saturated rings. The second-order valence-electron chi connectivity index (χ2n) is 6.80. The molecule has 154 valence electrons. The van der Waals surface area contributed by atoms with Crippen LogP contribution in [0.2, 0.25) is 0 Å². The van der Waals surface area contributed by atoms with Crippen molar-refractivity contribution >= 4 is 17.5 Å². The molecule has 0 aliphatic carbocycles. The van der Waals surface area contributed by atoms with Gasteiger partial charge < -0.3 is 15.0 Å². The van der Waals surface area contributed by atoms with Gasteiger partial charge in [-0.05, 0) is 43.3 Å². The minimum Gasteiger partial charge on any atom is -0.484 e. The van der Waals surface area contributed by atoms with Crippen molar-refractivity contribution in [2.45, 2.75) is 13.0 Å². The quantitative estimate of drug-likeness (QED) is 0.805. The van der Waals surface area contributed by atoms with E-state index in [0.29, 0.717) is 31.9 Å². The van der Waals surface area contributed by atoms with Crippen molar-refractivity contribution in [1.29, 1.82) is 0 Å². The highest BCUT2D eigenvalue weighted by molar-refractivity contribution is 5.94. The summed E-state index contributed by atoms with van der Waals surface area (Å²) in [7, 11) is 0. The number of benzene rings is 2. The highest BCUT2D eigenvalue weighted by Crippen LogP contribution is 2.15. The van der Waals surface area contributed by atoms with E-state index in [9.17, 15) is 18.4 Å². The molecule has 29 heavy (non-hydrogen) atoms. The summed E-state index contributed by atoms with van der Waals surface area (Å²) < 4.78 is 32.0. The van der Waals surface area contributed by atoms with Crippen molar-refractivity contribution in [1.82, 2.24) is 9.80 Å². The molecule has 1 atom stereocenters. The number of nitrogens with one attached hydrogen (secondary N) is 1. The van der Waals surface area contributed by atoms with Crippen LogP contribution in [0.5, 0.6) is 5.75 Å². The van der Waals surface area contributed by atoms with E-state index in [0.717, 1.165) is 0 Å². The van der Waals surface area contributed by atoms with Gasteiger partial charge in [-0.15, -0.1) is 0 Å². The van der Waals surface area contributed by atoms with E-state index in [1.165, 1.54) is 36.4 Å². The first kappa shape index (κ1) is 20.7. The van der Waals surface area contributed by atoms with Crippen molar-refractivity contribution in [3.8, 4) is 5.75 Å². The molecule has 1 aliphatic heterocycles. The predicted molar refractivity (Wildman–Crippen MR) is 105 cm³/mol. The lowest BCUT2D eigenvalue weighted by Gasteiger charge is -2.37. The van der Waals surface area contributed by atoms with E-state index in [2.05, 4.69) is 5.32 Å². The molecule has 1 N–H and O–H groups in total. The number of amides is 2. The summed E-state index contributed by atoms with van der Waals surface area (Å²) in [6, 6.07) is 11.0. The smallest absolute Gasteiger partial charge is 0.260 e. The third-order valence-electron chi connectivity index (χ3n) is 4.90. The van der Waals surface area contributed by atoms with Crippen molar-refractivity contribution in [3.63, 3.8) is 0 Å². The molecule has 0 aromatic heterocycles. The van der Waals surface area contributed by atoms with Gasteiger partial charge in [0, 0.05) is 26.2 Å². The van der Waals surface area contributed by atoms with Crippen molar-refractivity contribution in [3.05, 3.63) is 60.2 Å². The third-order valence-corrected chi connectivity index (χ3v) is 4.90. The number of hydrogen-bond acceptors (Lipinski definition) is 4. The molecule has 2 aromatic carbocycles. The van der Waals surface area contributed by atoms with Gasteiger partial charge in [0.25, 0.3) is 5.91 Å².